The maximum Gasteiger partial charge on any atom is 0.252 e. The quantitative estimate of drug-likeness (QED) is 0.613. The van der Waals surface area contributed by atoms with Gasteiger partial charge in [0.05, 0.1) is 0 Å². The molecule has 0 spiro atoms. The molecule has 166 valence electrons. The van der Waals surface area contributed by atoms with E-state index in [4.69, 9.17) is 17.3 Å². The molecule has 1 saturated heterocycles. The van der Waals surface area contributed by atoms with Crippen LogP contribution in [0.4, 0.5) is 0 Å². The van der Waals surface area contributed by atoms with Crippen LogP contribution < -0.4 is 11.1 Å². The maximum atomic E-state index is 13.3. The fraction of sp³-hybridized carbons (Fsp3) is 0.652. The van der Waals surface area contributed by atoms with E-state index in [9.17, 15) is 14.7 Å². The molecule has 1 aliphatic heterocycles. The third-order valence-electron chi connectivity index (χ3n) is 6.94. The summed E-state index contributed by atoms with van der Waals surface area (Å²) in [5, 5.41) is 14.4. The first kappa shape index (κ1) is 23.0. The van der Waals surface area contributed by atoms with E-state index in [1.807, 2.05) is 19.1 Å². The van der Waals surface area contributed by atoms with Crippen molar-refractivity contribution in [2.24, 2.45) is 11.7 Å². The average Bonchev–Trinajstić information content (AvgIpc) is 3.22. The van der Waals surface area contributed by atoms with Gasteiger partial charge < -0.3 is 21.1 Å². The SMILES string of the molecule is CCC1(C(=O)NCc2cc(Cl)ccc2CN)CCCN1C(=O)C(O)C1CCCCC1. The van der Waals surface area contributed by atoms with E-state index in [2.05, 4.69) is 5.32 Å². The van der Waals surface area contributed by atoms with Crippen molar-refractivity contribution in [3.05, 3.63) is 34.3 Å². The Balaban J connectivity index is 1.73. The number of hydrogen-bond acceptors (Lipinski definition) is 4. The van der Waals surface area contributed by atoms with E-state index in [0.717, 1.165) is 49.7 Å². The van der Waals surface area contributed by atoms with Gasteiger partial charge in [0, 0.05) is 24.7 Å². The minimum atomic E-state index is -1.01. The Kier molecular flexibility index (Phi) is 7.77. The van der Waals surface area contributed by atoms with Crippen LogP contribution in [0.25, 0.3) is 0 Å². The zero-order valence-electron chi connectivity index (χ0n) is 17.8. The number of benzene rings is 1. The minimum Gasteiger partial charge on any atom is -0.383 e. The second kappa shape index (κ2) is 10.1. The molecule has 2 atom stereocenters. The molecule has 6 nitrogen and oxygen atoms in total. The normalized spacial score (nSPS) is 23.4. The van der Waals surface area contributed by atoms with Gasteiger partial charge in [-0.3, -0.25) is 9.59 Å². The van der Waals surface area contributed by atoms with Crippen molar-refractivity contribution in [2.75, 3.05) is 6.54 Å². The molecule has 1 heterocycles. The van der Waals surface area contributed by atoms with Crippen LogP contribution >= 0.6 is 11.6 Å². The number of carbonyl (C=O) groups excluding carboxylic acids is 2. The van der Waals surface area contributed by atoms with E-state index in [-0.39, 0.29) is 17.7 Å². The number of nitrogens with zero attached hydrogens (tertiary/aromatic N) is 1. The summed E-state index contributed by atoms with van der Waals surface area (Å²) in [6, 6.07) is 5.46. The highest BCUT2D eigenvalue weighted by atomic mass is 35.5. The van der Waals surface area contributed by atoms with Crippen molar-refractivity contribution in [3.8, 4) is 0 Å². The molecule has 0 bridgehead atoms. The standard InChI is InChI=1S/C23H34ClN3O3/c1-2-23(22(30)26-15-18-13-19(24)10-9-17(18)14-25)11-6-12-27(23)21(29)20(28)16-7-4-3-5-8-16/h9-10,13,16,20,28H,2-8,11-12,14-15,25H2,1H3,(H,26,30). The fourth-order valence-corrected chi connectivity index (χ4v) is 5.27. The van der Waals surface area contributed by atoms with Gasteiger partial charge in [-0.25, -0.2) is 0 Å². The third kappa shape index (κ3) is 4.66. The topological polar surface area (TPSA) is 95.7 Å². The number of nitrogens with two attached hydrogens (primary N) is 1. The van der Waals surface area contributed by atoms with Crippen LogP contribution in [-0.2, 0) is 22.7 Å². The molecule has 7 heteroatoms. The van der Waals surface area contributed by atoms with Gasteiger partial charge >= 0.3 is 0 Å². The van der Waals surface area contributed by atoms with Gasteiger partial charge in [0.25, 0.3) is 5.91 Å². The zero-order chi connectivity index (χ0) is 21.7. The number of aliphatic hydroxyl groups is 1. The van der Waals surface area contributed by atoms with E-state index < -0.39 is 11.6 Å². The van der Waals surface area contributed by atoms with Gasteiger partial charge in [0.1, 0.15) is 11.6 Å². The molecule has 0 radical (unpaired) electrons. The first-order chi connectivity index (χ1) is 14.4. The molecule has 3 rings (SSSR count). The lowest BCUT2D eigenvalue weighted by Gasteiger charge is -2.39. The Labute approximate surface area is 184 Å². The van der Waals surface area contributed by atoms with Gasteiger partial charge in [-0.15, -0.1) is 0 Å². The molecule has 2 unspecified atom stereocenters. The molecule has 0 aromatic heterocycles. The molecule has 1 aromatic rings. The molecule has 1 aliphatic carbocycles. The predicted molar refractivity (Wildman–Crippen MR) is 118 cm³/mol. The van der Waals surface area contributed by atoms with Crippen LogP contribution in [-0.4, -0.2) is 40.0 Å². The summed E-state index contributed by atoms with van der Waals surface area (Å²) in [4.78, 5) is 28.2. The Bertz CT molecular complexity index is 766. The highest BCUT2D eigenvalue weighted by Crippen LogP contribution is 2.36. The van der Waals surface area contributed by atoms with Crippen LogP contribution in [0, 0.1) is 5.92 Å². The molecule has 2 amide bonds. The number of carbonyl (C=O) groups is 2. The lowest BCUT2D eigenvalue weighted by molar-refractivity contribution is -0.154. The Hall–Kier alpha value is -1.63. The lowest BCUT2D eigenvalue weighted by atomic mass is 9.84. The molecule has 2 aliphatic rings. The van der Waals surface area contributed by atoms with Crippen LogP contribution in [0.5, 0.6) is 0 Å². The van der Waals surface area contributed by atoms with E-state index in [1.54, 1.807) is 11.0 Å². The second-order valence-electron chi connectivity index (χ2n) is 8.62. The average molecular weight is 436 g/mol. The second-order valence-corrected chi connectivity index (χ2v) is 9.06. The summed E-state index contributed by atoms with van der Waals surface area (Å²) < 4.78 is 0. The minimum absolute atomic E-state index is 0.00282. The number of amides is 2. The monoisotopic (exact) mass is 435 g/mol. The Morgan fingerprint density at radius 1 is 1.27 bits per heavy atom. The number of nitrogens with one attached hydrogen (secondary N) is 1. The third-order valence-corrected chi connectivity index (χ3v) is 7.17. The fourth-order valence-electron chi connectivity index (χ4n) is 5.07. The van der Waals surface area contributed by atoms with Crippen molar-refractivity contribution in [2.45, 2.75) is 83.0 Å². The Morgan fingerprint density at radius 2 is 2.00 bits per heavy atom. The Morgan fingerprint density at radius 3 is 2.67 bits per heavy atom. The predicted octanol–water partition coefficient (Wildman–Crippen LogP) is 3.13. The van der Waals surface area contributed by atoms with Crippen molar-refractivity contribution < 1.29 is 14.7 Å². The van der Waals surface area contributed by atoms with Crippen LogP contribution in [0.3, 0.4) is 0 Å². The number of hydrogen-bond donors (Lipinski definition) is 3. The summed E-state index contributed by atoms with van der Waals surface area (Å²) in [7, 11) is 0. The highest BCUT2D eigenvalue weighted by molar-refractivity contribution is 6.30. The largest absolute Gasteiger partial charge is 0.383 e. The highest BCUT2D eigenvalue weighted by Gasteiger charge is 2.50. The van der Waals surface area contributed by atoms with Crippen molar-refractivity contribution >= 4 is 23.4 Å². The van der Waals surface area contributed by atoms with Crippen molar-refractivity contribution in [1.29, 1.82) is 0 Å². The zero-order valence-corrected chi connectivity index (χ0v) is 18.6. The summed E-state index contributed by atoms with van der Waals surface area (Å²) in [5.41, 5.74) is 6.71. The first-order valence-corrected chi connectivity index (χ1v) is 11.6. The van der Waals surface area contributed by atoms with Crippen molar-refractivity contribution in [3.63, 3.8) is 0 Å². The first-order valence-electron chi connectivity index (χ1n) is 11.2. The molecular formula is C23H34ClN3O3. The van der Waals surface area contributed by atoms with E-state index in [0.29, 0.717) is 37.5 Å². The number of halogens is 1. The van der Waals surface area contributed by atoms with Crippen LogP contribution in [0.1, 0.15) is 69.4 Å². The van der Waals surface area contributed by atoms with Gasteiger partial charge in [-0.1, -0.05) is 43.9 Å². The molecule has 1 aromatic carbocycles. The van der Waals surface area contributed by atoms with Gasteiger partial charge in [0.2, 0.25) is 5.91 Å². The van der Waals surface area contributed by atoms with Gasteiger partial charge in [-0.05, 0) is 61.3 Å². The lowest BCUT2D eigenvalue weighted by Crippen LogP contribution is -2.59. The summed E-state index contributed by atoms with van der Waals surface area (Å²) in [6.45, 7) is 3.11. The van der Waals surface area contributed by atoms with Gasteiger partial charge in [0.15, 0.2) is 0 Å². The summed E-state index contributed by atoms with van der Waals surface area (Å²) in [5.74, 6) is -0.459. The molecule has 2 fully saturated rings. The molecule has 4 N–H and O–H groups in total. The van der Waals surface area contributed by atoms with Crippen LogP contribution in [0.15, 0.2) is 18.2 Å². The number of rotatable bonds is 7. The number of likely N-dealkylation sites (tertiary alicyclic amines) is 1. The summed E-state index contributed by atoms with van der Waals surface area (Å²) >= 11 is 6.11. The van der Waals surface area contributed by atoms with E-state index in [1.165, 1.54) is 0 Å². The smallest absolute Gasteiger partial charge is 0.252 e. The van der Waals surface area contributed by atoms with E-state index >= 15 is 0 Å². The van der Waals surface area contributed by atoms with Crippen molar-refractivity contribution in [1.82, 2.24) is 10.2 Å². The molecule has 30 heavy (non-hydrogen) atoms. The molecule has 1 saturated carbocycles. The molecular weight excluding hydrogens is 402 g/mol. The number of aliphatic hydroxyl groups excluding tert-OH is 1. The van der Waals surface area contributed by atoms with Gasteiger partial charge in [-0.2, -0.15) is 0 Å². The van der Waals surface area contributed by atoms with Crippen LogP contribution in [0.2, 0.25) is 5.02 Å². The summed E-state index contributed by atoms with van der Waals surface area (Å²) in [6.07, 6.45) is 5.89. The maximum absolute atomic E-state index is 13.3.